The second-order valence-electron chi connectivity index (χ2n) is 1.64. The molecule has 0 atom stereocenters. The molecule has 62 valence electrons. The van der Waals surface area contributed by atoms with Gasteiger partial charge in [-0.3, -0.25) is 0 Å². The van der Waals surface area contributed by atoms with Crippen LogP contribution < -0.4 is 5.73 Å². The Balaban J connectivity index is 0.000001000. The van der Waals surface area contributed by atoms with E-state index in [1.807, 2.05) is 0 Å². The minimum atomic E-state index is -1.00. The van der Waals surface area contributed by atoms with E-state index in [4.69, 9.17) is 10.8 Å². The molecule has 0 saturated carbocycles. The largest absolute Gasteiger partial charge is 0.476 e. The van der Waals surface area contributed by atoms with Gasteiger partial charge in [0.15, 0.2) is 5.69 Å². The maximum atomic E-state index is 10.2. The van der Waals surface area contributed by atoms with Crippen molar-refractivity contribution in [2.45, 2.75) is 6.54 Å². The summed E-state index contributed by atoms with van der Waals surface area (Å²) in [5.41, 5.74) is 5.29. The zero-order chi connectivity index (χ0) is 7.56. The van der Waals surface area contributed by atoms with Gasteiger partial charge in [0.05, 0.1) is 0 Å². The van der Waals surface area contributed by atoms with Crippen molar-refractivity contribution in [1.29, 1.82) is 0 Å². The highest BCUT2D eigenvalue weighted by atomic mass is 79.9. The van der Waals surface area contributed by atoms with Crippen molar-refractivity contribution in [1.82, 2.24) is 4.98 Å². The van der Waals surface area contributed by atoms with Gasteiger partial charge < -0.3 is 10.8 Å². The summed E-state index contributed by atoms with van der Waals surface area (Å²) in [7, 11) is 0. The van der Waals surface area contributed by atoms with Crippen LogP contribution in [0.4, 0.5) is 0 Å². The predicted molar refractivity (Wildman–Crippen MR) is 47.3 cm³/mol. The van der Waals surface area contributed by atoms with Crippen LogP contribution in [-0.2, 0) is 6.54 Å². The molecule has 0 aliphatic heterocycles. The lowest BCUT2D eigenvalue weighted by Gasteiger charge is -1.82. The molecule has 0 bridgehead atoms. The van der Waals surface area contributed by atoms with Crippen LogP contribution in [0.2, 0.25) is 0 Å². The maximum Gasteiger partial charge on any atom is 0.355 e. The third-order valence-electron chi connectivity index (χ3n) is 0.945. The summed E-state index contributed by atoms with van der Waals surface area (Å²) >= 11 is 1.26. The van der Waals surface area contributed by atoms with E-state index in [1.54, 1.807) is 0 Å². The molecule has 0 radical (unpaired) electrons. The van der Waals surface area contributed by atoms with Gasteiger partial charge in [0.1, 0.15) is 5.01 Å². The van der Waals surface area contributed by atoms with Gasteiger partial charge in [-0.2, -0.15) is 0 Å². The van der Waals surface area contributed by atoms with E-state index in [-0.39, 0.29) is 22.7 Å². The van der Waals surface area contributed by atoms with E-state index in [0.717, 1.165) is 0 Å². The summed E-state index contributed by atoms with van der Waals surface area (Å²) in [6, 6.07) is 0. The monoisotopic (exact) mass is 238 g/mol. The molecule has 1 rings (SSSR count). The molecule has 0 aliphatic rings. The Kier molecular flexibility index (Phi) is 4.24. The van der Waals surface area contributed by atoms with Crippen LogP contribution in [0.5, 0.6) is 0 Å². The molecule has 1 aromatic rings. The molecule has 0 saturated heterocycles. The number of aromatic nitrogens is 1. The number of hydrogen-bond donors (Lipinski definition) is 2. The molecule has 1 heterocycles. The SMILES string of the molecule is Br.NCc1nc(C(=O)O)cs1. The summed E-state index contributed by atoms with van der Waals surface area (Å²) in [4.78, 5) is 14.0. The van der Waals surface area contributed by atoms with Crippen molar-refractivity contribution in [3.05, 3.63) is 16.1 Å². The molecule has 1 aromatic heterocycles. The van der Waals surface area contributed by atoms with Crippen LogP contribution in [0.3, 0.4) is 0 Å². The van der Waals surface area contributed by atoms with Gasteiger partial charge in [-0.15, -0.1) is 28.3 Å². The van der Waals surface area contributed by atoms with Crippen molar-refractivity contribution in [3.8, 4) is 0 Å². The molecule has 3 N–H and O–H groups in total. The van der Waals surface area contributed by atoms with E-state index in [0.29, 0.717) is 11.6 Å². The van der Waals surface area contributed by atoms with Gasteiger partial charge >= 0.3 is 5.97 Å². The minimum absolute atomic E-state index is 0. The molecule has 0 aromatic carbocycles. The smallest absolute Gasteiger partial charge is 0.355 e. The topological polar surface area (TPSA) is 76.2 Å². The Morgan fingerprint density at radius 1 is 1.82 bits per heavy atom. The van der Waals surface area contributed by atoms with E-state index in [9.17, 15) is 4.79 Å². The number of hydrogen-bond acceptors (Lipinski definition) is 4. The number of nitrogens with zero attached hydrogens (tertiary/aromatic N) is 1. The first-order chi connectivity index (χ1) is 4.74. The van der Waals surface area contributed by atoms with Gasteiger partial charge in [-0.1, -0.05) is 0 Å². The second-order valence-corrected chi connectivity index (χ2v) is 2.58. The van der Waals surface area contributed by atoms with Gasteiger partial charge in [-0.25, -0.2) is 9.78 Å². The van der Waals surface area contributed by atoms with E-state index < -0.39 is 5.97 Å². The van der Waals surface area contributed by atoms with Crippen molar-refractivity contribution in [2.24, 2.45) is 5.73 Å². The number of halogens is 1. The first-order valence-corrected chi connectivity index (χ1v) is 3.49. The Morgan fingerprint density at radius 3 is 2.73 bits per heavy atom. The average molecular weight is 239 g/mol. The summed E-state index contributed by atoms with van der Waals surface area (Å²) in [6.45, 7) is 0.304. The molecular formula is C5H7BrN2O2S. The Labute approximate surface area is 77.8 Å². The predicted octanol–water partition coefficient (Wildman–Crippen LogP) is 0.878. The highest BCUT2D eigenvalue weighted by Crippen LogP contribution is 2.07. The van der Waals surface area contributed by atoms with Crippen molar-refractivity contribution < 1.29 is 9.90 Å². The standard InChI is InChI=1S/C5H6N2O2S.BrH/c6-1-4-7-3(2-10-4)5(8)9;/h2H,1,6H2,(H,8,9);1H. The van der Waals surface area contributed by atoms with Crippen LogP contribution >= 0.6 is 28.3 Å². The fourth-order valence-electron chi connectivity index (χ4n) is 0.503. The normalized spacial score (nSPS) is 8.82. The molecule has 6 heteroatoms. The first-order valence-electron chi connectivity index (χ1n) is 2.62. The third-order valence-corrected chi connectivity index (χ3v) is 1.82. The van der Waals surface area contributed by atoms with Gasteiger partial charge in [0, 0.05) is 11.9 Å². The third kappa shape index (κ3) is 2.57. The summed E-state index contributed by atoms with van der Waals surface area (Å²) in [6.07, 6.45) is 0. The lowest BCUT2D eigenvalue weighted by molar-refractivity contribution is 0.0691. The Morgan fingerprint density at radius 2 is 2.45 bits per heavy atom. The molecular weight excluding hydrogens is 232 g/mol. The lowest BCUT2D eigenvalue weighted by atomic mass is 10.5. The number of rotatable bonds is 2. The zero-order valence-electron chi connectivity index (χ0n) is 5.48. The average Bonchev–Trinajstić information content (AvgIpc) is 2.34. The number of aromatic carboxylic acids is 1. The molecule has 0 aliphatic carbocycles. The van der Waals surface area contributed by atoms with Gasteiger partial charge in [0.2, 0.25) is 0 Å². The van der Waals surface area contributed by atoms with Crippen LogP contribution in [0.15, 0.2) is 5.38 Å². The van der Waals surface area contributed by atoms with E-state index >= 15 is 0 Å². The zero-order valence-corrected chi connectivity index (χ0v) is 8.01. The van der Waals surface area contributed by atoms with Crippen LogP contribution in [-0.4, -0.2) is 16.1 Å². The van der Waals surface area contributed by atoms with Crippen LogP contribution in [0.1, 0.15) is 15.5 Å². The van der Waals surface area contributed by atoms with Gasteiger partial charge in [-0.05, 0) is 0 Å². The number of nitrogens with two attached hydrogens (primary N) is 1. The number of carboxylic acids is 1. The lowest BCUT2D eigenvalue weighted by Crippen LogP contribution is -1.99. The van der Waals surface area contributed by atoms with Gasteiger partial charge in [0.25, 0.3) is 0 Å². The first kappa shape index (κ1) is 10.5. The molecule has 11 heavy (non-hydrogen) atoms. The Hall–Kier alpha value is -0.460. The summed E-state index contributed by atoms with van der Waals surface area (Å²) in [5.74, 6) is -1.00. The van der Waals surface area contributed by atoms with Crippen molar-refractivity contribution in [3.63, 3.8) is 0 Å². The van der Waals surface area contributed by atoms with Crippen molar-refractivity contribution in [2.75, 3.05) is 0 Å². The highest BCUT2D eigenvalue weighted by molar-refractivity contribution is 8.93. The molecule has 0 spiro atoms. The molecule has 0 fully saturated rings. The summed E-state index contributed by atoms with van der Waals surface area (Å²) < 4.78 is 0. The number of carboxylic acid groups (broad SMARTS) is 1. The second kappa shape index (κ2) is 4.42. The maximum absolute atomic E-state index is 10.2. The van der Waals surface area contributed by atoms with Crippen LogP contribution in [0.25, 0.3) is 0 Å². The molecule has 4 nitrogen and oxygen atoms in total. The summed E-state index contributed by atoms with van der Waals surface area (Å²) in [5, 5.41) is 10.5. The highest BCUT2D eigenvalue weighted by Gasteiger charge is 2.06. The van der Waals surface area contributed by atoms with Crippen molar-refractivity contribution >= 4 is 34.3 Å². The van der Waals surface area contributed by atoms with Crippen LogP contribution in [0, 0.1) is 0 Å². The minimum Gasteiger partial charge on any atom is -0.476 e. The Bertz CT molecular complexity index is 250. The number of carbonyl (C=O) groups is 1. The number of thiazole rings is 1. The fourth-order valence-corrected chi connectivity index (χ4v) is 1.15. The molecule has 0 amide bonds. The fraction of sp³-hybridized carbons (Fsp3) is 0.200. The molecule has 0 unspecified atom stereocenters. The quantitative estimate of drug-likeness (QED) is 0.803. The van der Waals surface area contributed by atoms with E-state index in [2.05, 4.69) is 4.98 Å². The van der Waals surface area contributed by atoms with E-state index in [1.165, 1.54) is 16.7 Å².